The van der Waals surface area contributed by atoms with Gasteiger partial charge in [-0.1, -0.05) is 13.0 Å². The first kappa shape index (κ1) is 12.3. The Bertz CT molecular complexity index is 384. The maximum absolute atomic E-state index is 5.34. The average molecular weight is 235 g/mol. The summed E-state index contributed by atoms with van der Waals surface area (Å²) in [4.78, 5) is 2.33. The van der Waals surface area contributed by atoms with Gasteiger partial charge in [-0.3, -0.25) is 5.10 Å². The van der Waals surface area contributed by atoms with Crippen LogP contribution in [0.5, 0.6) is 0 Å². The van der Waals surface area contributed by atoms with E-state index in [1.54, 1.807) is 0 Å². The van der Waals surface area contributed by atoms with Gasteiger partial charge in [0.2, 0.25) is 0 Å². The van der Waals surface area contributed by atoms with Gasteiger partial charge in [0.1, 0.15) is 0 Å². The van der Waals surface area contributed by atoms with Gasteiger partial charge >= 0.3 is 0 Å². The fraction of sp³-hybridized carbons (Fsp3) is 0.615. The maximum Gasteiger partial charge on any atom is 0.0654 e. The molecule has 2 heterocycles. The van der Waals surface area contributed by atoms with E-state index in [9.17, 15) is 0 Å². The van der Waals surface area contributed by atoms with Gasteiger partial charge in [0.05, 0.1) is 25.1 Å². The third kappa shape index (κ3) is 3.17. The molecule has 0 spiro atoms. The minimum Gasteiger partial charge on any atom is -0.377 e. The predicted molar refractivity (Wildman–Crippen MR) is 68.6 cm³/mol. The number of nitrogens with zero attached hydrogens (tertiary/aromatic N) is 2. The van der Waals surface area contributed by atoms with Crippen molar-refractivity contribution in [3.8, 4) is 0 Å². The second kappa shape index (κ2) is 5.98. The lowest BCUT2D eigenvalue weighted by Gasteiger charge is -2.17. The van der Waals surface area contributed by atoms with Gasteiger partial charge in [0, 0.05) is 12.1 Å². The minimum absolute atomic E-state index is 0.721. The van der Waals surface area contributed by atoms with Crippen LogP contribution in [0.1, 0.15) is 31.0 Å². The summed E-state index contributed by atoms with van der Waals surface area (Å²) in [5.74, 6) is 0. The van der Waals surface area contributed by atoms with Crippen molar-refractivity contribution >= 4 is 5.57 Å². The van der Waals surface area contributed by atoms with Crippen molar-refractivity contribution in [1.29, 1.82) is 0 Å². The van der Waals surface area contributed by atoms with E-state index >= 15 is 0 Å². The Labute approximate surface area is 103 Å². The van der Waals surface area contributed by atoms with Gasteiger partial charge in [0.25, 0.3) is 0 Å². The second-order valence-corrected chi connectivity index (χ2v) is 4.56. The zero-order chi connectivity index (χ0) is 12.1. The lowest BCUT2D eigenvalue weighted by atomic mass is 10.0. The first-order valence-electron chi connectivity index (χ1n) is 6.29. The number of ether oxygens (including phenoxy) is 1. The van der Waals surface area contributed by atoms with Crippen LogP contribution >= 0.6 is 0 Å². The van der Waals surface area contributed by atoms with Crippen LogP contribution in [0, 0.1) is 0 Å². The lowest BCUT2D eigenvalue weighted by molar-refractivity contribution is 0.161. The smallest absolute Gasteiger partial charge is 0.0654 e. The summed E-state index contributed by atoms with van der Waals surface area (Å²) in [6, 6.07) is 0. The molecule has 0 aliphatic carbocycles. The number of hydrogen-bond acceptors (Lipinski definition) is 3. The van der Waals surface area contributed by atoms with Crippen molar-refractivity contribution in [1.82, 2.24) is 15.1 Å². The molecule has 1 N–H and O–H groups in total. The molecule has 0 saturated carbocycles. The lowest BCUT2D eigenvalue weighted by Crippen LogP contribution is -2.19. The average Bonchev–Trinajstić information content (AvgIpc) is 2.78. The summed E-state index contributed by atoms with van der Waals surface area (Å²) in [5, 5.41) is 7.30. The van der Waals surface area contributed by atoms with Crippen molar-refractivity contribution < 1.29 is 4.74 Å². The number of nitrogens with one attached hydrogen (secondary N) is 1. The highest BCUT2D eigenvalue weighted by Crippen LogP contribution is 2.23. The van der Waals surface area contributed by atoms with E-state index in [4.69, 9.17) is 4.74 Å². The Morgan fingerprint density at radius 1 is 1.53 bits per heavy atom. The first-order chi connectivity index (χ1) is 8.31. The van der Waals surface area contributed by atoms with E-state index in [0.29, 0.717) is 0 Å². The zero-order valence-electron chi connectivity index (χ0n) is 10.7. The largest absolute Gasteiger partial charge is 0.377 e. The highest BCUT2D eigenvalue weighted by atomic mass is 16.5. The fourth-order valence-electron chi connectivity index (χ4n) is 2.21. The maximum atomic E-state index is 5.34. The molecular weight excluding hydrogens is 214 g/mol. The Kier molecular flexibility index (Phi) is 4.34. The summed E-state index contributed by atoms with van der Waals surface area (Å²) in [6.45, 7) is 5.81. The van der Waals surface area contributed by atoms with Gasteiger partial charge in [0.15, 0.2) is 0 Å². The highest BCUT2D eigenvalue weighted by Gasteiger charge is 2.13. The number of H-pyrrole nitrogens is 1. The molecule has 0 atom stereocenters. The molecule has 0 fully saturated rings. The van der Waals surface area contributed by atoms with E-state index in [0.717, 1.165) is 32.7 Å². The molecule has 4 nitrogen and oxygen atoms in total. The molecule has 1 aromatic heterocycles. The van der Waals surface area contributed by atoms with Crippen molar-refractivity contribution in [3.63, 3.8) is 0 Å². The molecule has 1 aliphatic heterocycles. The van der Waals surface area contributed by atoms with Crippen LogP contribution in [0.4, 0.5) is 0 Å². The molecule has 94 valence electrons. The Morgan fingerprint density at radius 2 is 2.41 bits per heavy atom. The van der Waals surface area contributed by atoms with E-state index < -0.39 is 0 Å². The Morgan fingerprint density at radius 3 is 3.12 bits per heavy atom. The van der Waals surface area contributed by atoms with Gasteiger partial charge in [-0.25, -0.2) is 0 Å². The van der Waals surface area contributed by atoms with Crippen molar-refractivity contribution in [2.45, 2.75) is 26.3 Å². The van der Waals surface area contributed by atoms with Crippen LogP contribution in [0.2, 0.25) is 0 Å². The summed E-state index contributed by atoms with van der Waals surface area (Å²) in [5.41, 5.74) is 3.82. The van der Waals surface area contributed by atoms with E-state index in [1.165, 1.54) is 23.3 Å². The number of hydrogen-bond donors (Lipinski definition) is 1. The molecule has 0 amide bonds. The first-order valence-corrected chi connectivity index (χ1v) is 6.29. The van der Waals surface area contributed by atoms with E-state index in [1.807, 2.05) is 6.20 Å². The van der Waals surface area contributed by atoms with Crippen LogP contribution < -0.4 is 0 Å². The topological polar surface area (TPSA) is 41.2 Å². The Balaban J connectivity index is 2.08. The normalized spacial score (nSPS) is 16.3. The third-order valence-corrected chi connectivity index (χ3v) is 3.05. The van der Waals surface area contributed by atoms with E-state index in [-0.39, 0.29) is 0 Å². The molecule has 1 aliphatic rings. The van der Waals surface area contributed by atoms with E-state index in [2.05, 4.69) is 35.1 Å². The highest BCUT2D eigenvalue weighted by molar-refractivity contribution is 5.65. The molecule has 17 heavy (non-hydrogen) atoms. The standard InChI is InChI=1S/C13H21N3O/c1-3-6-16(2)10-12-9-14-15-13(12)11-4-7-17-8-5-11/h4,9H,3,5-8,10H2,1-2H3,(H,14,15). The summed E-state index contributed by atoms with van der Waals surface area (Å²) in [7, 11) is 2.15. The third-order valence-electron chi connectivity index (χ3n) is 3.05. The summed E-state index contributed by atoms with van der Waals surface area (Å²) in [6.07, 6.45) is 6.25. The molecule has 1 aromatic rings. The monoisotopic (exact) mass is 235 g/mol. The van der Waals surface area contributed by atoms with Crippen molar-refractivity contribution in [2.24, 2.45) is 0 Å². The fourth-order valence-corrected chi connectivity index (χ4v) is 2.21. The number of aromatic nitrogens is 2. The van der Waals surface area contributed by atoms with Crippen LogP contribution in [0.15, 0.2) is 12.3 Å². The van der Waals surface area contributed by atoms with Crippen LogP contribution in [-0.4, -0.2) is 41.9 Å². The molecular formula is C13H21N3O. The molecule has 0 saturated heterocycles. The SMILES string of the molecule is CCCN(C)Cc1cn[nH]c1C1=CCOCC1. The quantitative estimate of drug-likeness (QED) is 0.849. The molecule has 2 rings (SSSR count). The van der Waals surface area contributed by atoms with Gasteiger partial charge in [-0.05, 0) is 32.0 Å². The minimum atomic E-state index is 0.721. The van der Waals surface area contributed by atoms with Crippen LogP contribution in [-0.2, 0) is 11.3 Å². The Hall–Kier alpha value is -1.13. The summed E-state index contributed by atoms with van der Waals surface area (Å²) >= 11 is 0. The van der Waals surface area contributed by atoms with Crippen molar-refractivity contribution in [3.05, 3.63) is 23.5 Å². The van der Waals surface area contributed by atoms with Crippen LogP contribution in [0.3, 0.4) is 0 Å². The van der Waals surface area contributed by atoms with Gasteiger partial charge < -0.3 is 9.64 Å². The number of aromatic amines is 1. The number of rotatable bonds is 5. The molecule has 0 bridgehead atoms. The predicted octanol–water partition coefficient (Wildman–Crippen LogP) is 2.06. The van der Waals surface area contributed by atoms with Crippen molar-refractivity contribution in [2.75, 3.05) is 26.8 Å². The molecule has 0 unspecified atom stereocenters. The molecule has 0 radical (unpaired) electrons. The van der Waals surface area contributed by atoms with Gasteiger partial charge in [-0.2, -0.15) is 5.10 Å². The zero-order valence-corrected chi connectivity index (χ0v) is 10.7. The summed E-state index contributed by atoms with van der Waals surface area (Å²) < 4.78 is 5.34. The van der Waals surface area contributed by atoms with Crippen LogP contribution in [0.25, 0.3) is 5.57 Å². The molecule has 4 heteroatoms. The second-order valence-electron chi connectivity index (χ2n) is 4.56. The molecule has 0 aromatic carbocycles. The van der Waals surface area contributed by atoms with Gasteiger partial charge in [-0.15, -0.1) is 0 Å².